The van der Waals surface area contributed by atoms with Crippen LogP contribution in [0.3, 0.4) is 0 Å². The summed E-state index contributed by atoms with van der Waals surface area (Å²) in [5.41, 5.74) is 1.53. The summed E-state index contributed by atoms with van der Waals surface area (Å²) in [6.07, 6.45) is 0. The third-order valence-corrected chi connectivity index (χ3v) is 6.09. The molecule has 7 nitrogen and oxygen atoms in total. The number of halogens is 1. The third kappa shape index (κ3) is 4.08. The van der Waals surface area contributed by atoms with Crippen molar-refractivity contribution in [1.29, 1.82) is 0 Å². The van der Waals surface area contributed by atoms with Crippen LogP contribution >= 0.6 is 15.9 Å². The van der Waals surface area contributed by atoms with Crippen molar-refractivity contribution in [1.82, 2.24) is 0 Å². The molecule has 172 valence electrons. The molecule has 1 aliphatic heterocycles. The van der Waals surface area contributed by atoms with Crippen LogP contribution in [0, 0.1) is 0 Å². The van der Waals surface area contributed by atoms with Gasteiger partial charge in [-0.1, -0.05) is 46.3 Å². The molecule has 3 aromatic rings. The quantitative estimate of drug-likeness (QED) is 0.223. The number of ketones is 1. The van der Waals surface area contributed by atoms with Gasteiger partial charge in [0.25, 0.3) is 11.7 Å². The van der Waals surface area contributed by atoms with Crippen molar-refractivity contribution in [2.24, 2.45) is 0 Å². The number of amides is 1. The van der Waals surface area contributed by atoms with Gasteiger partial charge >= 0.3 is 5.97 Å². The highest BCUT2D eigenvalue weighted by Gasteiger charge is 2.47. The first-order valence-corrected chi connectivity index (χ1v) is 11.0. The largest absolute Gasteiger partial charge is 0.507 e. The Morgan fingerprint density at radius 3 is 2.15 bits per heavy atom. The zero-order chi connectivity index (χ0) is 24.4. The molecule has 0 radical (unpaired) electrons. The minimum Gasteiger partial charge on any atom is -0.507 e. The number of carbonyl (C=O) groups is 3. The van der Waals surface area contributed by atoms with Crippen LogP contribution in [0.4, 0.5) is 5.69 Å². The van der Waals surface area contributed by atoms with E-state index in [9.17, 15) is 19.5 Å². The number of carbonyl (C=O) groups excluding carboxylic acids is 3. The van der Waals surface area contributed by atoms with Gasteiger partial charge in [-0.25, -0.2) is 4.79 Å². The summed E-state index contributed by atoms with van der Waals surface area (Å²) in [6, 6.07) is 18.9. The molecule has 1 saturated heterocycles. The number of esters is 1. The summed E-state index contributed by atoms with van der Waals surface area (Å²) in [4.78, 5) is 39.6. The average Bonchev–Trinajstić information content (AvgIpc) is 3.13. The van der Waals surface area contributed by atoms with Crippen molar-refractivity contribution >= 4 is 45.0 Å². The molecule has 34 heavy (non-hydrogen) atoms. The van der Waals surface area contributed by atoms with Crippen LogP contribution in [-0.4, -0.2) is 37.0 Å². The Morgan fingerprint density at radius 1 is 0.912 bits per heavy atom. The van der Waals surface area contributed by atoms with Crippen LogP contribution in [-0.2, 0) is 14.3 Å². The molecule has 1 fully saturated rings. The van der Waals surface area contributed by atoms with E-state index in [1.54, 1.807) is 60.7 Å². The number of para-hydroxylation sites is 1. The van der Waals surface area contributed by atoms with E-state index in [1.165, 1.54) is 31.3 Å². The SMILES string of the molecule is COC(=O)c1ccc(N2C(=O)C(=O)/C(=C(/O)c3ccc(Br)cc3)C2c2ccccc2OC)cc1. The van der Waals surface area contributed by atoms with E-state index >= 15 is 0 Å². The van der Waals surface area contributed by atoms with E-state index in [4.69, 9.17) is 9.47 Å². The molecule has 0 spiro atoms. The number of rotatable bonds is 5. The maximum absolute atomic E-state index is 13.3. The van der Waals surface area contributed by atoms with Gasteiger partial charge in [0, 0.05) is 21.3 Å². The summed E-state index contributed by atoms with van der Waals surface area (Å²) in [5.74, 6) is -2.00. The minimum atomic E-state index is -0.955. The van der Waals surface area contributed by atoms with Crippen LogP contribution in [0.15, 0.2) is 82.8 Å². The lowest BCUT2D eigenvalue weighted by atomic mass is 9.94. The molecule has 4 rings (SSSR count). The summed E-state index contributed by atoms with van der Waals surface area (Å²) in [7, 11) is 2.77. The predicted molar refractivity (Wildman–Crippen MR) is 130 cm³/mol. The first-order valence-electron chi connectivity index (χ1n) is 10.3. The zero-order valence-corrected chi connectivity index (χ0v) is 19.9. The van der Waals surface area contributed by atoms with E-state index in [0.29, 0.717) is 28.1 Å². The Morgan fingerprint density at radius 2 is 1.53 bits per heavy atom. The number of Topliss-reactive ketones (excluding diaryl/α,β-unsaturated/α-hetero) is 1. The number of hydrogen-bond acceptors (Lipinski definition) is 6. The maximum Gasteiger partial charge on any atom is 0.337 e. The minimum absolute atomic E-state index is 0.0612. The number of ether oxygens (including phenoxy) is 2. The normalized spacial score (nSPS) is 17.0. The highest BCUT2D eigenvalue weighted by Crippen LogP contribution is 2.44. The third-order valence-electron chi connectivity index (χ3n) is 5.56. The second kappa shape index (κ2) is 9.52. The zero-order valence-electron chi connectivity index (χ0n) is 18.3. The number of hydrogen-bond donors (Lipinski definition) is 1. The summed E-state index contributed by atoms with van der Waals surface area (Å²) in [5, 5.41) is 11.2. The number of anilines is 1. The van der Waals surface area contributed by atoms with Crippen LogP contribution < -0.4 is 9.64 Å². The van der Waals surface area contributed by atoms with Crippen LogP contribution in [0.25, 0.3) is 5.76 Å². The summed E-state index contributed by atoms with van der Waals surface area (Å²) < 4.78 is 11.0. The second-order valence-electron chi connectivity index (χ2n) is 7.46. The monoisotopic (exact) mass is 521 g/mol. The maximum atomic E-state index is 13.3. The highest BCUT2D eigenvalue weighted by atomic mass is 79.9. The molecule has 1 aliphatic rings. The van der Waals surface area contributed by atoms with Crippen LogP contribution in [0.5, 0.6) is 5.75 Å². The molecule has 8 heteroatoms. The first kappa shape index (κ1) is 23.3. The van der Waals surface area contributed by atoms with Gasteiger partial charge in [-0.3, -0.25) is 14.5 Å². The van der Waals surface area contributed by atoms with Crippen molar-refractivity contribution in [2.75, 3.05) is 19.1 Å². The highest BCUT2D eigenvalue weighted by molar-refractivity contribution is 9.10. The van der Waals surface area contributed by atoms with E-state index in [0.717, 1.165) is 4.47 Å². The first-order chi connectivity index (χ1) is 16.4. The van der Waals surface area contributed by atoms with Gasteiger partial charge in [0.2, 0.25) is 0 Å². The fourth-order valence-corrected chi connectivity index (χ4v) is 4.19. The van der Waals surface area contributed by atoms with Crippen molar-refractivity contribution < 1.29 is 29.0 Å². The fourth-order valence-electron chi connectivity index (χ4n) is 3.92. The van der Waals surface area contributed by atoms with Crippen LogP contribution in [0.1, 0.15) is 27.5 Å². The molecule has 0 aliphatic carbocycles. The Balaban J connectivity index is 1.93. The van der Waals surface area contributed by atoms with E-state index in [1.807, 2.05) is 0 Å². The van der Waals surface area contributed by atoms with Crippen molar-refractivity contribution in [3.05, 3.63) is 99.5 Å². The molecule has 1 atom stereocenters. The number of aliphatic hydroxyl groups is 1. The molecule has 0 saturated carbocycles. The fraction of sp³-hybridized carbons (Fsp3) is 0.115. The number of methoxy groups -OCH3 is 2. The predicted octanol–water partition coefficient (Wildman–Crippen LogP) is 4.87. The lowest BCUT2D eigenvalue weighted by molar-refractivity contribution is -0.132. The number of nitrogens with zero attached hydrogens (tertiary/aromatic N) is 1. The Kier molecular flexibility index (Phi) is 6.51. The molecule has 0 bridgehead atoms. The number of benzene rings is 3. The van der Waals surface area contributed by atoms with E-state index < -0.39 is 23.7 Å². The van der Waals surface area contributed by atoms with Crippen molar-refractivity contribution in [3.8, 4) is 5.75 Å². The second-order valence-corrected chi connectivity index (χ2v) is 8.37. The number of aliphatic hydroxyl groups excluding tert-OH is 1. The van der Waals surface area contributed by atoms with Gasteiger partial charge in [-0.15, -0.1) is 0 Å². The average molecular weight is 522 g/mol. The van der Waals surface area contributed by atoms with Gasteiger partial charge in [0.15, 0.2) is 0 Å². The Labute approximate surface area is 204 Å². The van der Waals surface area contributed by atoms with Gasteiger partial charge in [0.1, 0.15) is 11.5 Å². The van der Waals surface area contributed by atoms with Gasteiger partial charge in [-0.2, -0.15) is 0 Å². The van der Waals surface area contributed by atoms with Crippen molar-refractivity contribution in [2.45, 2.75) is 6.04 Å². The van der Waals surface area contributed by atoms with Crippen molar-refractivity contribution in [3.63, 3.8) is 0 Å². The van der Waals surface area contributed by atoms with Gasteiger partial charge < -0.3 is 14.6 Å². The van der Waals surface area contributed by atoms with E-state index in [-0.39, 0.29) is 11.3 Å². The molecule has 0 aromatic heterocycles. The van der Waals surface area contributed by atoms with E-state index in [2.05, 4.69) is 15.9 Å². The summed E-state index contributed by atoms with van der Waals surface area (Å²) >= 11 is 3.35. The Hall–Kier alpha value is -3.91. The lowest BCUT2D eigenvalue weighted by Crippen LogP contribution is -2.29. The van der Waals surface area contributed by atoms with Gasteiger partial charge in [-0.05, 0) is 42.5 Å². The topological polar surface area (TPSA) is 93.1 Å². The lowest BCUT2D eigenvalue weighted by Gasteiger charge is -2.26. The molecule has 1 N–H and O–H groups in total. The van der Waals surface area contributed by atoms with Crippen LogP contribution in [0.2, 0.25) is 0 Å². The molecule has 1 heterocycles. The molecule has 3 aromatic carbocycles. The smallest absolute Gasteiger partial charge is 0.337 e. The molecular weight excluding hydrogens is 502 g/mol. The molecular formula is C26H20BrNO6. The van der Waals surface area contributed by atoms with Gasteiger partial charge in [0.05, 0.1) is 31.4 Å². The Bertz CT molecular complexity index is 1300. The standard InChI is InChI=1S/C26H20BrNO6/c1-33-20-6-4-3-5-19(20)22-21(23(29)15-7-11-17(27)12-8-15)24(30)25(31)28(22)18-13-9-16(10-14-18)26(32)34-2/h3-14,22,29H,1-2H3/b23-21+. The summed E-state index contributed by atoms with van der Waals surface area (Å²) in [6.45, 7) is 0. The molecule has 1 amide bonds. The molecule has 1 unspecified atom stereocenters.